The van der Waals surface area contributed by atoms with Crippen molar-refractivity contribution >= 4 is 34.1 Å². The van der Waals surface area contributed by atoms with Gasteiger partial charge in [0.25, 0.3) is 11.5 Å². The topological polar surface area (TPSA) is 73.1 Å². The summed E-state index contributed by atoms with van der Waals surface area (Å²) in [6, 6.07) is 18.7. The van der Waals surface area contributed by atoms with E-state index in [0.717, 1.165) is 21.9 Å². The standard InChI is InChI=1S/C33H33N3O4S/c1-6-18-40-24-14-11-12-22(19-24)20-27-31(37)36-30(29-25-15-10-9-13-23(25)16-17-26(29)39-5)28(21(4)34-33(36)41-27)32(38)35(7-2)8-3/h6,9-17,19-20,30H,1,7-8,18H2,2-5H3/b27-20+/t30-/m0/s1. The number of carbonyl (C=O) groups excluding carboxylic acids is 1. The summed E-state index contributed by atoms with van der Waals surface area (Å²) in [7, 11) is 1.61. The Balaban J connectivity index is 1.79. The molecular weight excluding hydrogens is 534 g/mol. The van der Waals surface area contributed by atoms with E-state index in [0.29, 0.717) is 51.8 Å². The third-order valence-corrected chi connectivity index (χ3v) is 8.23. The molecule has 0 fully saturated rings. The monoisotopic (exact) mass is 567 g/mol. The van der Waals surface area contributed by atoms with Crippen molar-refractivity contribution in [2.45, 2.75) is 26.8 Å². The average molecular weight is 568 g/mol. The Bertz CT molecular complexity index is 1850. The number of fused-ring (bicyclic) bond motifs is 2. The van der Waals surface area contributed by atoms with Crippen molar-refractivity contribution in [2.24, 2.45) is 4.99 Å². The van der Waals surface area contributed by atoms with Crippen LogP contribution in [0.15, 0.2) is 94.4 Å². The normalized spacial score (nSPS) is 14.9. The number of rotatable bonds is 9. The maximum Gasteiger partial charge on any atom is 0.271 e. The molecule has 1 atom stereocenters. The number of hydrogen-bond acceptors (Lipinski definition) is 6. The smallest absolute Gasteiger partial charge is 0.271 e. The molecule has 3 aromatic carbocycles. The third-order valence-electron chi connectivity index (χ3n) is 7.25. The van der Waals surface area contributed by atoms with Gasteiger partial charge in [0.2, 0.25) is 0 Å². The number of ether oxygens (including phenoxy) is 2. The number of likely N-dealkylation sites (N-methyl/N-ethyl adjacent to an activating group) is 1. The number of methoxy groups -OCH3 is 1. The van der Waals surface area contributed by atoms with Crippen molar-refractivity contribution < 1.29 is 14.3 Å². The first-order chi connectivity index (χ1) is 19.9. The lowest BCUT2D eigenvalue weighted by molar-refractivity contribution is -0.127. The summed E-state index contributed by atoms with van der Waals surface area (Å²) in [5, 5.41) is 1.91. The first kappa shape index (κ1) is 28.1. The lowest BCUT2D eigenvalue weighted by atomic mass is 9.90. The van der Waals surface area contributed by atoms with Crippen LogP contribution in [-0.4, -0.2) is 42.2 Å². The Kier molecular flexibility index (Phi) is 8.21. The maximum absolute atomic E-state index is 14.2. The Morgan fingerprint density at radius 1 is 1.12 bits per heavy atom. The molecule has 7 nitrogen and oxygen atoms in total. The van der Waals surface area contributed by atoms with Crippen molar-refractivity contribution in [1.29, 1.82) is 0 Å². The number of allylic oxidation sites excluding steroid dienone is 1. The summed E-state index contributed by atoms with van der Waals surface area (Å²) in [6.07, 6.45) is 3.53. The fraction of sp³-hybridized carbons (Fsp3) is 0.242. The zero-order valence-electron chi connectivity index (χ0n) is 23.7. The molecule has 210 valence electrons. The molecule has 0 aliphatic carbocycles. The molecule has 1 aliphatic rings. The zero-order valence-corrected chi connectivity index (χ0v) is 24.5. The van der Waals surface area contributed by atoms with Crippen LogP contribution in [0, 0.1) is 0 Å². The first-order valence-corrected chi connectivity index (χ1v) is 14.4. The molecule has 0 bridgehead atoms. The minimum Gasteiger partial charge on any atom is -0.496 e. The summed E-state index contributed by atoms with van der Waals surface area (Å²) in [6.45, 7) is 10.9. The summed E-state index contributed by atoms with van der Waals surface area (Å²) >= 11 is 1.31. The molecule has 0 saturated heterocycles. The van der Waals surface area contributed by atoms with Gasteiger partial charge in [0.05, 0.1) is 22.9 Å². The highest BCUT2D eigenvalue weighted by molar-refractivity contribution is 7.07. The van der Waals surface area contributed by atoms with E-state index in [2.05, 4.69) is 6.58 Å². The van der Waals surface area contributed by atoms with Gasteiger partial charge in [-0.25, -0.2) is 4.99 Å². The van der Waals surface area contributed by atoms with E-state index < -0.39 is 6.04 Å². The largest absolute Gasteiger partial charge is 0.496 e. The van der Waals surface area contributed by atoms with Gasteiger partial charge in [-0.05, 0) is 61.4 Å². The predicted octanol–water partition coefficient (Wildman–Crippen LogP) is 4.83. The molecule has 1 aromatic heterocycles. The van der Waals surface area contributed by atoms with Crippen molar-refractivity contribution in [3.05, 3.63) is 115 Å². The van der Waals surface area contributed by atoms with Crippen LogP contribution in [-0.2, 0) is 4.79 Å². The number of carbonyl (C=O) groups is 1. The number of amides is 1. The average Bonchev–Trinajstić information content (AvgIpc) is 3.29. The second kappa shape index (κ2) is 12.0. The van der Waals surface area contributed by atoms with Crippen LogP contribution < -0.4 is 24.4 Å². The van der Waals surface area contributed by atoms with Crippen LogP contribution in [0.1, 0.15) is 37.9 Å². The number of thiazole rings is 1. The maximum atomic E-state index is 14.2. The summed E-state index contributed by atoms with van der Waals surface area (Å²) in [5.74, 6) is 1.15. The van der Waals surface area contributed by atoms with Crippen LogP contribution in [0.25, 0.3) is 16.8 Å². The molecule has 2 heterocycles. The highest BCUT2D eigenvalue weighted by Crippen LogP contribution is 2.40. The second-order valence-electron chi connectivity index (χ2n) is 9.63. The van der Waals surface area contributed by atoms with Gasteiger partial charge in [0, 0.05) is 18.7 Å². The lowest BCUT2D eigenvalue weighted by Crippen LogP contribution is -2.43. The fourth-order valence-corrected chi connectivity index (χ4v) is 6.33. The van der Waals surface area contributed by atoms with Gasteiger partial charge in [-0.15, -0.1) is 0 Å². The Morgan fingerprint density at radius 2 is 1.90 bits per heavy atom. The van der Waals surface area contributed by atoms with Gasteiger partial charge in [0.1, 0.15) is 24.1 Å². The van der Waals surface area contributed by atoms with E-state index >= 15 is 0 Å². The van der Waals surface area contributed by atoms with Gasteiger partial charge in [0.15, 0.2) is 4.80 Å². The van der Waals surface area contributed by atoms with Crippen molar-refractivity contribution in [3.8, 4) is 11.5 Å². The third kappa shape index (κ3) is 5.23. The molecule has 0 N–H and O–H groups in total. The first-order valence-electron chi connectivity index (χ1n) is 13.6. The van der Waals surface area contributed by atoms with E-state index in [-0.39, 0.29) is 11.5 Å². The van der Waals surface area contributed by atoms with Crippen molar-refractivity contribution in [3.63, 3.8) is 0 Å². The molecule has 0 spiro atoms. The van der Waals surface area contributed by atoms with E-state index in [4.69, 9.17) is 14.5 Å². The molecule has 8 heteroatoms. The molecule has 41 heavy (non-hydrogen) atoms. The molecule has 0 radical (unpaired) electrons. The number of aromatic nitrogens is 1. The molecule has 1 amide bonds. The minimum absolute atomic E-state index is 0.141. The summed E-state index contributed by atoms with van der Waals surface area (Å²) in [5.41, 5.74) is 2.44. The van der Waals surface area contributed by atoms with Gasteiger partial charge in [-0.3, -0.25) is 14.2 Å². The van der Waals surface area contributed by atoms with Gasteiger partial charge >= 0.3 is 0 Å². The number of benzene rings is 3. The highest BCUT2D eigenvalue weighted by atomic mass is 32.1. The van der Waals surface area contributed by atoms with Crippen LogP contribution in [0.3, 0.4) is 0 Å². The van der Waals surface area contributed by atoms with Crippen LogP contribution in [0.4, 0.5) is 0 Å². The SMILES string of the molecule is C=CCOc1cccc(/C=c2/sc3n(c2=O)[C@H](c2c(OC)ccc4ccccc24)C(C(=O)N(CC)CC)=C(C)N=3)c1. The number of nitrogens with zero attached hydrogens (tertiary/aromatic N) is 3. The van der Waals surface area contributed by atoms with E-state index in [9.17, 15) is 9.59 Å². The van der Waals surface area contributed by atoms with Gasteiger partial charge in [-0.1, -0.05) is 66.5 Å². The van der Waals surface area contributed by atoms with E-state index in [1.807, 2.05) is 87.5 Å². The predicted molar refractivity (Wildman–Crippen MR) is 164 cm³/mol. The molecular formula is C33H33N3O4S. The van der Waals surface area contributed by atoms with Crippen molar-refractivity contribution in [2.75, 3.05) is 26.8 Å². The van der Waals surface area contributed by atoms with Crippen LogP contribution in [0.2, 0.25) is 0 Å². The molecule has 4 aromatic rings. The summed E-state index contributed by atoms with van der Waals surface area (Å²) in [4.78, 5) is 35.4. The zero-order chi connectivity index (χ0) is 29.1. The quantitative estimate of drug-likeness (QED) is 0.272. The fourth-order valence-electron chi connectivity index (χ4n) is 5.29. The molecule has 0 unspecified atom stereocenters. The van der Waals surface area contributed by atoms with Gasteiger partial charge in [-0.2, -0.15) is 0 Å². The van der Waals surface area contributed by atoms with Crippen LogP contribution in [0.5, 0.6) is 11.5 Å². The molecule has 5 rings (SSSR count). The summed E-state index contributed by atoms with van der Waals surface area (Å²) < 4.78 is 13.7. The van der Waals surface area contributed by atoms with Crippen LogP contribution >= 0.6 is 11.3 Å². The lowest BCUT2D eigenvalue weighted by Gasteiger charge is -2.30. The van der Waals surface area contributed by atoms with E-state index in [1.54, 1.807) is 22.7 Å². The van der Waals surface area contributed by atoms with Crippen molar-refractivity contribution in [1.82, 2.24) is 9.47 Å². The Morgan fingerprint density at radius 3 is 2.63 bits per heavy atom. The molecule has 1 aliphatic heterocycles. The molecule has 0 saturated carbocycles. The Labute approximate surface area is 243 Å². The Hall–Kier alpha value is -4.43. The van der Waals surface area contributed by atoms with E-state index in [1.165, 1.54) is 11.3 Å². The second-order valence-corrected chi connectivity index (χ2v) is 10.6. The highest BCUT2D eigenvalue weighted by Gasteiger charge is 2.36. The van der Waals surface area contributed by atoms with Gasteiger partial charge < -0.3 is 14.4 Å². The number of hydrogen-bond donors (Lipinski definition) is 0. The minimum atomic E-state index is -0.718.